The Bertz CT molecular complexity index is 1390. The largest absolute Gasteiger partial charge is 0.437 e. The number of anilines is 1. The van der Waals surface area contributed by atoms with Crippen molar-refractivity contribution in [1.29, 1.82) is 0 Å². The fourth-order valence-corrected chi connectivity index (χ4v) is 3.61. The van der Waals surface area contributed by atoms with Gasteiger partial charge >= 0.3 is 0 Å². The van der Waals surface area contributed by atoms with Gasteiger partial charge in [0.25, 0.3) is 0 Å². The van der Waals surface area contributed by atoms with Gasteiger partial charge in [-0.3, -0.25) is 4.98 Å². The summed E-state index contributed by atoms with van der Waals surface area (Å²) >= 11 is 0. The van der Waals surface area contributed by atoms with Crippen molar-refractivity contribution < 1.29 is 4.74 Å². The number of nitrogens with zero attached hydrogens (tertiary/aromatic N) is 4. The molecule has 0 aliphatic carbocycles. The van der Waals surface area contributed by atoms with Crippen molar-refractivity contribution in [1.82, 2.24) is 19.9 Å². The summed E-state index contributed by atoms with van der Waals surface area (Å²) in [4.78, 5) is 17.3. The van der Waals surface area contributed by atoms with Crippen molar-refractivity contribution >= 4 is 16.7 Å². The van der Waals surface area contributed by atoms with Crippen molar-refractivity contribution in [3.05, 3.63) is 90.9 Å². The van der Waals surface area contributed by atoms with Crippen molar-refractivity contribution in [2.45, 2.75) is 6.92 Å². The minimum absolute atomic E-state index is 0.202. The monoisotopic (exact) mass is 405 g/mol. The first-order valence-electron chi connectivity index (χ1n) is 9.86. The van der Waals surface area contributed by atoms with Gasteiger partial charge in [0.1, 0.15) is 5.75 Å². The predicted octanol–water partition coefficient (Wildman–Crippen LogP) is 5.44. The molecule has 3 heterocycles. The van der Waals surface area contributed by atoms with Gasteiger partial charge in [0.15, 0.2) is 0 Å². The van der Waals surface area contributed by atoms with Gasteiger partial charge in [0.05, 0.1) is 17.0 Å². The molecule has 0 atom stereocenters. The highest BCUT2D eigenvalue weighted by molar-refractivity contribution is 6.00. The first-order valence-corrected chi connectivity index (χ1v) is 9.86. The van der Waals surface area contributed by atoms with E-state index in [1.54, 1.807) is 24.7 Å². The maximum atomic E-state index is 6.41. The van der Waals surface area contributed by atoms with E-state index in [-0.39, 0.29) is 5.95 Å². The second-order valence-electron chi connectivity index (χ2n) is 7.09. The minimum Gasteiger partial charge on any atom is -0.437 e. The summed E-state index contributed by atoms with van der Waals surface area (Å²) in [5, 5.41) is 2.05. The standard InChI is InChI=1S/C25H19N5O/c1-16-10-11-17-18(21-9-2-3-13-27-21)6-4-7-19(17)23(16)31-24-20(8-5-14-28-24)22-12-15-29-25(26)30-22/h2-15H,1H3,(H2,26,29,30). The van der Waals surface area contributed by atoms with Crippen LogP contribution in [0.15, 0.2) is 85.3 Å². The van der Waals surface area contributed by atoms with Gasteiger partial charge in [0, 0.05) is 29.5 Å². The number of ether oxygens (including phenoxy) is 1. The van der Waals surface area contributed by atoms with Crippen LogP contribution < -0.4 is 10.5 Å². The normalized spacial score (nSPS) is 10.9. The van der Waals surface area contributed by atoms with E-state index in [0.717, 1.165) is 38.9 Å². The van der Waals surface area contributed by atoms with Crippen LogP contribution in [0.25, 0.3) is 33.3 Å². The Hall–Kier alpha value is -4.32. The van der Waals surface area contributed by atoms with Crippen LogP contribution in [0.5, 0.6) is 11.6 Å². The number of nitrogens with two attached hydrogens (primary N) is 1. The maximum Gasteiger partial charge on any atom is 0.228 e. The predicted molar refractivity (Wildman–Crippen MR) is 122 cm³/mol. The Labute approximate surface area is 179 Å². The summed E-state index contributed by atoms with van der Waals surface area (Å²) in [7, 11) is 0. The zero-order valence-corrected chi connectivity index (χ0v) is 16.9. The molecule has 0 bridgehead atoms. The van der Waals surface area contributed by atoms with Crippen LogP contribution in [0.3, 0.4) is 0 Å². The lowest BCUT2D eigenvalue weighted by Gasteiger charge is -2.15. The number of nitrogen functional groups attached to an aromatic ring is 1. The van der Waals surface area contributed by atoms with Crippen LogP contribution in [0.2, 0.25) is 0 Å². The second-order valence-corrected chi connectivity index (χ2v) is 7.09. The summed E-state index contributed by atoms with van der Waals surface area (Å²) in [6.45, 7) is 2.02. The van der Waals surface area contributed by atoms with Crippen LogP contribution >= 0.6 is 0 Å². The number of hydrogen-bond donors (Lipinski definition) is 1. The molecule has 0 saturated carbocycles. The van der Waals surface area contributed by atoms with Gasteiger partial charge in [-0.2, -0.15) is 0 Å². The molecule has 6 nitrogen and oxygen atoms in total. The van der Waals surface area contributed by atoms with Gasteiger partial charge < -0.3 is 10.5 Å². The third kappa shape index (κ3) is 3.55. The molecule has 150 valence electrons. The van der Waals surface area contributed by atoms with Crippen LogP contribution in [0.1, 0.15) is 5.56 Å². The first-order chi connectivity index (χ1) is 15.2. The lowest BCUT2D eigenvalue weighted by Crippen LogP contribution is -1.98. The molecule has 0 unspecified atom stereocenters. The first kappa shape index (κ1) is 18.7. The lowest BCUT2D eigenvalue weighted by molar-refractivity contribution is 0.466. The molecule has 0 fully saturated rings. The highest BCUT2D eigenvalue weighted by Crippen LogP contribution is 2.39. The summed E-state index contributed by atoms with van der Waals surface area (Å²) in [5.41, 5.74) is 10.1. The Morgan fingerprint density at radius 1 is 0.677 bits per heavy atom. The summed E-state index contributed by atoms with van der Waals surface area (Å²) in [6.07, 6.45) is 5.12. The smallest absolute Gasteiger partial charge is 0.228 e. The zero-order chi connectivity index (χ0) is 21.2. The van der Waals surface area contributed by atoms with E-state index in [4.69, 9.17) is 10.5 Å². The number of pyridine rings is 2. The fourth-order valence-electron chi connectivity index (χ4n) is 3.61. The molecule has 0 radical (unpaired) electrons. The molecule has 31 heavy (non-hydrogen) atoms. The average molecular weight is 405 g/mol. The van der Waals surface area contributed by atoms with Gasteiger partial charge in [-0.05, 0) is 48.2 Å². The Balaban J connectivity index is 1.65. The van der Waals surface area contributed by atoms with Crippen molar-refractivity contribution in [3.8, 4) is 34.1 Å². The van der Waals surface area contributed by atoms with Crippen molar-refractivity contribution in [2.75, 3.05) is 5.73 Å². The van der Waals surface area contributed by atoms with Crippen molar-refractivity contribution in [3.63, 3.8) is 0 Å². The minimum atomic E-state index is 0.202. The Morgan fingerprint density at radius 3 is 2.39 bits per heavy atom. The zero-order valence-electron chi connectivity index (χ0n) is 16.9. The van der Waals surface area contributed by atoms with Gasteiger partial charge in [-0.25, -0.2) is 15.0 Å². The molecule has 0 amide bonds. The number of aromatic nitrogens is 4. The fraction of sp³-hybridized carbons (Fsp3) is 0.0400. The lowest BCUT2D eigenvalue weighted by atomic mass is 9.99. The van der Waals surface area contributed by atoms with Crippen LogP contribution in [-0.2, 0) is 0 Å². The highest BCUT2D eigenvalue weighted by Gasteiger charge is 2.15. The molecular formula is C25H19N5O. The topological polar surface area (TPSA) is 86.8 Å². The quantitative estimate of drug-likeness (QED) is 0.429. The molecule has 2 aromatic carbocycles. The third-order valence-electron chi connectivity index (χ3n) is 5.07. The number of fused-ring (bicyclic) bond motifs is 1. The SMILES string of the molecule is Cc1ccc2c(-c3ccccn3)cccc2c1Oc1ncccc1-c1ccnc(N)n1. The molecule has 3 aromatic heterocycles. The number of hydrogen-bond acceptors (Lipinski definition) is 6. The molecule has 6 heteroatoms. The van der Waals surface area contributed by atoms with Gasteiger partial charge in [-0.15, -0.1) is 0 Å². The number of rotatable bonds is 4. The van der Waals surface area contributed by atoms with Gasteiger partial charge in [-0.1, -0.05) is 36.4 Å². The molecule has 0 aliphatic rings. The second kappa shape index (κ2) is 7.84. The van der Waals surface area contributed by atoms with Crippen molar-refractivity contribution in [2.24, 2.45) is 0 Å². The van der Waals surface area contributed by atoms with E-state index >= 15 is 0 Å². The molecule has 2 N–H and O–H groups in total. The number of aryl methyl sites for hydroxylation is 1. The molecule has 5 rings (SSSR count). The molecule has 0 aliphatic heterocycles. The van der Waals surface area contributed by atoms with E-state index in [0.29, 0.717) is 11.6 Å². The number of benzene rings is 2. The van der Waals surface area contributed by atoms with Crippen LogP contribution in [-0.4, -0.2) is 19.9 Å². The van der Waals surface area contributed by atoms with Crippen LogP contribution in [0.4, 0.5) is 5.95 Å². The summed E-state index contributed by atoms with van der Waals surface area (Å²) < 4.78 is 6.41. The van der Waals surface area contributed by atoms with Crippen LogP contribution in [0, 0.1) is 6.92 Å². The Morgan fingerprint density at radius 2 is 1.55 bits per heavy atom. The average Bonchev–Trinajstić information content (AvgIpc) is 2.81. The van der Waals surface area contributed by atoms with E-state index < -0.39 is 0 Å². The maximum absolute atomic E-state index is 6.41. The third-order valence-corrected chi connectivity index (χ3v) is 5.07. The molecule has 5 aromatic rings. The van der Waals surface area contributed by atoms with E-state index in [9.17, 15) is 0 Å². The van der Waals surface area contributed by atoms with E-state index in [2.05, 4.69) is 44.2 Å². The van der Waals surface area contributed by atoms with Gasteiger partial charge in [0.2, 0.25) is 11.8 Å². The van der Waals surface area contributed by atoms with E-state index in [1.165, 1.54) is 0 Å². The van der Waals surface area contributed by atoms with E-state index in [1.807, 2.05) is 43.3 Å². The molecular weight excluding hydrogens is 386 g/mol. The summed E-state index contributed by atoms with van der Waals surface area (Å²) in [6, 6.07) is 21.7. The molecule has 0 saturated heterocycles. The highest BCUT2D eigenvalue weighted by atomic mass is 16.5. The molecule has 0 spiro atoms. The Kier molecular flexibility index (Phi) is 4.72. The summed E-state index contributed by atoms with van der Waals surface area (Å²) in [5.74, 6) is 1.41.